The second-order valence-electron chi connectivity index (χ2n) is 2.13. The van der Waals surface area contributed by atoms with Gasteiger partial charge < -0.3 is 19.5 Å². The minimum atomic E-state index is -5.14. The molecule has 2 N–H and O–H groups in total. The Balaban J connectivity index is -0.000000720. The van der Waals surface area contributed by atoms with Crippen LogP contribution in [0.2, 0.25) is 0 Å². The predicted molar refractivity (Wildman–Crippen MR) is 38.5 cm³/mol. The summed E-state index contributed by atoms with van der Waals surface area (Å²) in [5.74, 6) is -1.30. The van der Waals surface area contributed by atoms with Crippen molar-refractivity contribution in [2.75, 3.05) is 13.6 Å². The molecule has 0 atom stereocenters. The first-order valence-electron chi connectivity index (χ1n) is 3.04. The maximum atomic E-state index is 10.4. The van der Waals surface area contributed by atoms with Gasteiger partial charge in [0.1, 0.15) is 12.9 Å². The molecule has 0 aliphatic heterocycles. The fourth-order valence-electron chi connectivity index (χ4n) is 0.624. The molecule has 0 unspecified atom stereocenters. The number of hydrogen-bond donors (Lipinski definition) is 2. The standard InChI is InChI=1S/C4H10N3O5P.2K/c1-6(2-4(8)9)7(3-5)13(10,11)12;;/h3,5H,2H2,1H3,(H,8,9)(H2,10,11,12);;/q;2*+1/p-2. The molecule has 76 valence electrons. The number of nitrogens with one attached hydrogen (secondary N) is 1. The van der Waals surface area contributed by atoms with Gasteiger partial charge in [0, 0.05) is 14.8 Å². The minimum absolute atomic E-state index is 0. The number of rotatable bonds is 5. The van der Waals surface area contributed by atoms with Crippen molar-refractivity contribution in [2.45, 2.75) is 0 Å². The van der Waals surface area contributed by atoms with Crippen LogP contribution in [0.5, 0.6) is 0 Å². The molecule has 0 aromatic carbocycles. The SMILES string of the molecule is CN(CC(=O)O)N(C=N)P(=O)([O-])[O-].[K+].[K+]. The molecule has 0 heterocycles. The molecule has 0 aromatic rings. The third-order valence-corrected chi connectivity index (χ3v) is 2.00. The monoisotopic (exact) mass is 287 g/mol. The number of carbonyl (C=O) groups is 1. The normalized spacial score (nSPS) is 9.87. The van der Waals surface area contributed by atoms with Crippen LogP contribution in [0.4, 0.5) is 0 Å². The maximum absolute atomic E-state index is 10.4. The molecule has 0 saturated carbocycles. The summed E-state index contributed by atoms with van der Waals surface area (Å²) in [5.41, 5.74) is 0. The van der Waals surface area contributed by atoms with Crippen LogP contribution in [0.1, 0.15) is 0 Å². The Bertz CT molecular complexity index is 259. The van der Waals surface area contributed by atoms with Crippen molar-refractivity contribution in [3.8, 4) is 0 Å². The van der Waals surface area contributed by atoms with E-state index in [1.54, 1.807) is 0 Å². The summed E-state index contributed by atoms with van der Waals surface area (Å²) in [6, 6.07) is 0. The van der Waals surface area contributed by atoms with Crippen molar-refractivity contribution in [2.24, 2.45) is 0 Å². The van der Waals surface area contributed by atoms with Crippen LogP contribution >= 0.6 is 7.75 Å². The summed E-state index contributed by atoms with van der Waals surface area (Å²) < 4.78 is 10.4. The van der Waals surface area contributed by atoms with Crippen molar-refractivity contribution < 1.29 is 127 Å². The van der Waals surface area contributed by atoms with E-state index < -0.39 is 20.3 Å². The molecular weight excluding hydrogens is 279 g/mol. The second-order valence-corrected chi connectivity index (χ2v) is 3.47. The molecule has 15 heavy (non-hydrogen) atoms. The van der Waals surface area contributed by atoms with Gasteiger partial charge in [0.25, 0.3) is 0 Å². The average Bonchev–Trinajstić information content (AvgIpc) is 1.82. The van der Waals surface area contributed by atoms with Crippen molar-refractivity contribution >= 4 is 20.1 Å². The third kappa shape index (κ3) is 9.97. The van der Waals surface area contributed by atoms with Gasteiger partial charge in [-0.1, -0.05) is 0 Å². The van der Waals surface area contributed by atoms with Gasteiger partial charge in [-0.25, -0.2) is 5.01 Å². The van der Waals surface area contributed by atoms with Crippen molar-refractivity contribution in [1.29, 1.82) is 5.41 Å². The van der Waals surface area contributed by atoms with Crippen molar-refractivity contribution in [1.82, 2.24) is 9.79 Å². The van der Waals surface area contributed by atoms with Gasteiger partial charge in [-0.05, 0) is 0 Å². The van der Waals surface area contributed by atoms with Gasteiger partial charge in [0.05, 0.1) is 0 Å². The Hall–Kier alpha value is 2.32. The topological polar surface area (TPSA) is 131 Å². The molecule has 0 spiro atoms. The average molecular weight is 287 g/mol. The first-order valence-corrected chi connectivity index (χ1v) is 4.53. The van der Waals surface area contributed by atoms with Gasteiger partial charge in [0.2, 0.25) is 0 Å². The minimum Gasteiger partial charge on any atom is -0.794 e. The first kappa shape index (κ1) is 22.5. The largest absolute Gasteiger partial charge is 1.00 e. The molecule has 0 aliphatic rings. The smallest absolute Gasteiger partial charge is 0.794 e. The van der Waals surface area contributed by atoms with Crippen LogP contribution in [0.3, 0.4) is 0 Å². The summed E-state index contributed by atoms with van der Waals surface area (Å²) in [7, 11) is -4.06. The Morgan fingerprint density at radius 3 is 2.13 bits per heavy atom. The second kappa shape index (κ2) is 10.3. The number of carboxylic acids is 1. The van der Waals surface area contributed by atoms with Gasteiger partial charge in [0.15, 0.2) is 0 Å². The van der Waals surface area contributed by atoms with E-state index in [0.29, 0.717) is 5.01 Å². The summed E-state index contributed by atoms with van der Waals surface area (Å²) in [4.78, 5) is 30.9. The quantitative estimate of drug-likeness (QED) is 0.169. The summed E-state index contributed by atoms with van der Waals surface area (Å²) >= 11 is 0. The molecule has 0 bridgehead atoms. The molecule has 0 aromatic heterocycles. The first-order chi connectivity index (χ1) is 5.79. The molecule has 0 rings (SSSR count). The molecule has 0 saturated heterocycles. The number of carboxylic acid groups (broad SMARTS) is 1. The zero-order chi connectivity index (χ0) is 10.6. The number of hydrogen-bond acceptors (Lipinski definition) is 6. The van der Waals surface area contributed by atoms with Crippen LogP contribution in [-0.4, -0.2) is 40.8 Å². The molecule has 8 nitrogen and oxygen atoms in total. The van der Waals surface area contributed by atoms with Gasteiger partial charge in [-0.3, -0.25) is 15.0 Å². The number of hydrazine groups is 1. The van der Waals surface area contributed by atoms with E-state index in [4.69, 9.17) is 10.5 Å². The summed E-state index contributed by atoms with van der Waals surface area (Å²) in [6.07, 6.45) is 0.240. The number of likely N-dealkylation sites (N-methyl/N-ethyl adjacent to an activating group) is 1. The van der Waals surface area contributed by atoms with E-state index in [-0.39, 0.29) is 114 Å². The Morgan fingerprint density at radius 1 is 1.53 bits per heavy atom. The van der Waals surface area contributed by atoms with Crippen LogP contribution in [0.15, 0.2) is 0 Å². The molecule has 0 radical (unpaired) electrons. The summed E-state index contributed by atoms with van der Waals surface area (Å²) in [5, 5.41) is 15.4. The van der Waals surface area contributed by atoms with Crippen LogP contribution in [0.25, 0.3) is 0 Å². The van der Waals surface area contributed by atoms with Crippen LogP contribution < -0.4 is 113 Å². The Labute approximate surface area is 172 Å². The molecule has 11 heteroatoms. The van der Waals surface area contributed by atoms with Crippen LogP contribution in [0, 0.1) is 5.41 Å². The summed E-state index contributed by atoms with van der Waals surface area (Å²) in [6.45, 7) is -0.677. The van der Waals surface area contributed by atoms with Crippen LogP contribution in [-0.2, 0) is 9.36 Å². The van der Waals surface area contributed by atoms with Gasteiger partial charge >= 0.3 is 109 Å². The van der Waals surface area contributed by atoms with E-state index >= 15 is 0 Å². The fourth-order valence-corrected chi connectivity index (χ4v) is 1.20. The van der Waals surface area contributed by atoms with E-state index in [2.05, 4.69) is 0 Å². The van der Waals surface area contributed by atoms with E-state index in [0.717, 1.165) is 7.05 Å². The van der Waals surface area contributed by atoms with Crippen molar-refractivity contribution in [3.63, 3.8) is 0 Å². The molecule has 0 aliphatic carbocycles. The predicted octanol–water partition coefficient (Wildman–Crippen LogP) is -8.34. The Morgan fingerprint density at radius 2 is 1.93 bits per heavy atom. The maximum Gasteiger partial charge on any atom is 1.00 e. The van der Waals surface area contributed by atoms with Gasteiger partial charge in [-0.2, -0.15) is 0 Å². The molecular formula is C4H8K2N3O5P. The molecule has 0 amide bonds. The van der Waals surface area contributed by atoms with Gasteiger partial charge in [-0.15, -0.1) is 0 Å². The van der Waals surface area contributed by atoms with E-state index in [1.807, 2.05) is 0 Å². The fraction of sp³-hybridized carbons (Fsp3) is 0.500. The third-order valence-electron chi connectivity index (χ3n) is 1.08. The molecule has 0 fully saturated rings. The zero-order valence-electron chi connectivity index (χ0n) is 8.71. The number of nitrogens with zero attached hydrogens (tertiary/aromatic N) is 2. The van der Waals surface area contributed by atoms with E-state index in [1.165, 1.54) is 0 Å². The van der Waals surface area contributed by atoms with E-state index in [9.17, 15) is 19.1 Å². The van der Waals surface area contributed by atoms with Crippen molar-refractivity contribution in [3.05, 3.63) is 0 Å². The number of aliphatic carboxylic acids is 1. The Kier molecular flexibility index (Phi) is 15.4. The zero-order valence-corrected chi connectivity index (χ0v) is 15.8.